The lowest BCUT2D eigenvalue weighted by Crippen LogP contribution is -2.36. The number of carbonyl (C=O) groups is 2. The van der Waals surface area contributed by atoms with E-state index in [1.54, 1.807) is 0 Å². The number of rotatable bonds is 3. The van der Waals surface area contributed by atoms with E-state index in [9.17, 15) is 18.4 Å². The van der Waals surface area contributed by atoms with Crippen molar-refractivity contribution in [3.8, 4) is 0 Å². The molecule has 0 atom stereocenters. The molecule has 1 aliphatic heterocycles. The maximum atomic E-state index is 13.1. The van der Waals surface area contributed by atoms with E-state index in [-0.39, 0.29) is 32.6 Å². The van der Waals surface area contributed by atoms with Crippen LogP contribution >= 0.6 is 29.4 Å². The Balaban J connectivity index is 0.000000500. The number of hydrogen-bond donors (Lipinski definition) is 0. The third-order valence-corrected chi connectivity index (χ3v) is 4.25. The van der Waals surface area contributed by atoms with Crippen molar-refractivity contribution in [2.75, 3.05) is 31.2 Å². The molecule has 0 spiro atoms. The molecule has 3 rings (SSSR count). The molecule has 4 nitrogen and oxygen atoms in total. The van der Waals surface area contributed by atoms with E-state index < -0.39 is 0 Å². The Bertz CT molecular complexity index is 756. The number of anilines is 1. The van der Waals surface area contributed by atoms with Crippen molar-refractivity contribution in [1.29, 1.82) is 0 Å². The Morgan fingerprint density at radius 1 is 0.926 bits per heavy atom. The molecule has 8 heteroatoms. The molecule has 1 heterocycles. The Morgan fingerprint density at radius 3 is 1.96 bits per heavy atom. The number of ether oxygens (including phenoxy) is 1. The van der Waals surface area contributed by atoms with Gasteiger partial charge in [0.25, 0.3) is 0 Å². The van der Waals surface area contributed by atoms with Crippen LogP contribution < -0.4 is 4.90 Å². The van der Waals surface area contributed by atoms with Gasteiger partial charge in [-0.25, -0.2) is 8.78 Å². The van der Waals surface area contributed by atoms with Crippen LogP contribution in [0.15, 0.2) is 40.9 Å². The second kappa shape index (κ2) is 12.6. The highest BCUT2D eigenvalue weighted by molar-refractivity contribution is 9.10. The number of hydrogen-bond acceptors (Lipinski definition) is 4. The Hall–Kier alpha value is -1.77. The number of carbonyl (C=O) groups excluding carboxylic acids is 2. The van der Waals surface area contributed by atoms with Crippen LogP contribution in [0.4, 0.5) is 14.5 Å². The number of benzene rings is 2. The molecule has 0 amide bonds. The summed E-state index contributed by atoms with van der Waals surface area (Å²) in [6.45, 7) is 2.64. The summed E-state index contributed by atoms with van der Waals surface area (Å²) in [7, 11) is 0. The first-order chi connectivity index (χ1) is 12.0. The Kier molecular flexibility index (Phi) is 11.8. The quantitative estimate of drug-likeness (QED) is 0.625. The highest BCUT2D eigenvalue weighted by Crippen LogP contribution is 2.21. The minimum atomic E-state index is -0.350. The number of halogens is 3. The van der Waals surface area contributed by atoms with E-state index in [0.29, 0.717) is 53.9 Å². The van der Waals surface area contributed by atoms with Crippen molar-refractivity contribution < 1.29 is 23.1 Å². The zero-order valence-corrected chi connectivity index (χ0v) is 16.3. The van der Waals surface area contributed by atoms with Crippen LogP contribution in [0.1, 0.15) is 28.1 Å². The molecule has 0 aromatic heterocycles. The fourth-order valence-corrected chi connectivity index (χ4v) is 2.74. The maximum absolute atomic E-state index is 13.1. The highest BCUT2D eigenvalue weighted by atomic mass is 79.9. The van der Waals surface area contributed by atoms with Gasteiger partial charge < -0.3 is 9.64 Å². The van der Waals surface area contributed by atoms with E-state index in [2.05, 4.69) is 15.9 Å². The van der Waals surface area contributed by atoms with Gasteiger partial charge in [0.05, 0.1) is 18.9 Å². The molecule has 1 fully saturated rings. The van der Waals surface area contributed by atoms with Gasteiger partial charge in [-0.2, -0.15) is 13.5 Å². The molecule has 0 radical (unpaired) electrons. The van der Waals surface area contributed by atoms with E-state index >= 15 is 0 Å². The molecule has 2 aromatic rings. The Labute approximate surface area is 173 Å². The molecular formula is C19H22BrF2NO3S. The summed E-state index contributed by atoms with van der Waals surface area (Å²) >= 11 is 3.04. The first kappa shape index (κ1) is 25.2. The molecule has 0 aliphatic carbocycles. The van der Waals surface area contributed by atoms with E-state index in [0.717, 1.165) is 6.29 Å². The van der Waals surface area contributed by atoms with E-state index in [4.69, 9.17) is 4.74 Å². The first-order valence-corrected chi connectivity index (χ1v) is 8.32. The van der Waals surface area contributed by atoms with Crippen molar-refractivity contribution in [3.05, 3.63) is 63.6 Å². The van der Waals surface area contributed by atoms with Crippen molar-refractivity contribution >= 4 is 47.7 Å². The molecule has 0 bridgehead atoms. The first-order valence-electron chi connectivity index (χ1n) is 7.53. The molecule has 0 unspecified atom stereocenters. The van der Waals surface area contributed by atoms with Crippen molar-refractivity contribution in [2.45, 2.75) is 7.43 Å². The van der Waals surface area contributed by atoms with Crippen LogP contribution in [-0.2, 0) is 4.74 Å². The van der Waals surface area contributed by atoms with Crippen molar-refractivity contribution in [3.63, 3.8) is 0 Å². The normalized spacial score (nSPS) is 12.6. The largest absolute Gasteiger partial charge is 0.378 e. The molecule has 27 heavy (non-hydrogen) atoms. The zero-order chi connectivity index (χ0) is 18.2. The topological polar surface area (TPSA) is 46.6 Å². The number of morpholine rings is 1. The Morgan fingerprint density at radius 2 is 1.44 bits per heavy atom. The third kappa shape index (κ3) is 7.40. The number of nitrogens with zero attached hydrogens (tertiary/aromatic N) is 1. The molecule has 148 valence electrons. The molecule has 0 N–H and O–H groups in total. The van der Waals surface area contributed by atoms with Crippen LogP contribution in [0.25, 0.3) is 0 Å². The van der Waals surface area contributed by atoms with E-state index in [1.807, 2.05) is 4.90 Å². The smallest absolute Gasteiger partial charge is 0.152 e. The van der Waals surface area contributed by atoms with Crippen molar-refractivity contribution in [2.24, 2.45) is 0 Å². The average Bonchev–Trinajstić information content (AvgIpc) is 2.63. The van der Waals surface area contributed by atoms with Gasteiger partial charge in [0.2, 0.25) is 0 Å². The standard InChI is InChI=1S/C11H12FNO2.C7H4BrFO.CH4.H2S/c12-10-2-1-9(8-14)11(7-10)13-3-5-15-6-4-13;8-7-3-6(9)2-1-5(7)4-10;;/h1-2,7-8H,3-6H2;1-4H;1H4;1H2. The van der Waals surface area contributed by atoms with Gasteiger partial charge in [-0.1, -0.05) is 7.43 Å². The van der Waals surface area contributed by atoms with Gasteiger partial charge in [-0.15, -0.1) is 0 Å². The maximum Gasteiger partial charge on any atom is 0.152 e. The van der Waals surface area contributed by atoms with Gasteiger partial charge in [-0.3, -0.25) is 9.59 Å². The molecule has 2 aromatic carbocycles. The lowest BCUT2D eigenvalue weighted by molar-refractivity contribution is 0.111. The fourth-order valence-electron chi connectivity index (χ4n) is 2.29. The van der Waals surface area contributed by atoms with E-state index in [1.165, 1.54) is 36.4 Å². The summed E-state index contributed by atoms with van der Waals surface area (Å²) in [6.07, 6.45) is 1.42. The molecule has 1 aliphatic rings. The minimum Gasteiger partial charge on any atom is -0.378 e. The SMILES string of the molecule is C.O=Cc1ccc(F)cc1Br.O=Cc1ccc(F)cc1N1CCOCC1.S. The second-order valence-corrected chi connectivity index (χ2v) is 6.06. The fraction of sp³-hybridized carbons (Fsp3) is 0.263. The number of aldehydes is 2. The summed E-state index contributed by atoms with van der Waals surface area (Å²) in [5, 5.41) is 0. The van der Waals surface area contributed by atoms with Gasteiger partial charge in [-0.05, 0) is 52.3 Å². The molecule has 0 saturated carbocycles. The summed E-state index contributed by atoms with van der Waals surface area (Å²) in [5.74, 6) is -0.667. The van der Waals surface area contributed by atoms with Crippen LogP contribution in [0.5, 0.6) is 0 Å². The zero-order valence-electron chi connectivity index (χ0n) is 13.8. The third-order valence-electron chi connectivity index (χ3n) is 3.56. The molecular weight excluding hydrogens is 440 g/mol. The second-order valence-electron chi connectivity index (χ2n) is 5.20. The lowest BCUT2D eigenvalue weighted by atomic mass is 10.1. The summed E-state index contributed by atoms with van der Waals surface area (Å²) in [5.41, 5.74) is 1.65. The summed E-state index contributed by atoms with van der Waals surface area (Å²) in [4.78, 5) is 23.0. The van der Waals surface area contributed by atoms with Crippen LogP contribution in [0.2, 0.25) is 0 Å². The van der Waals surface area contributed by atoms with Gasteiger partial charge in [0.1, 0.15) is 11.6 Å². The average molecular weight is 462 g/mol. The minimum absolute atomic E-state index is 0. The highest BCUT2D eigenvalue weighted by Gasteiger charge is 2.15. The van der Waals surface area contributed by atoms with Gasteiger partial charge >= 0.3 is 0 Å². The van der Waals surface area contributed by atoms with Gasteiger partial charge in [0.15, 0.2) is 12.6 Å². The summed E-state index contributed by atoms with van der Waals surface area (Å²) in [6, 6.07) is 8.13. The summed E-state index contributed by atoms with van der Waals surface area (Å²) < 4.78 is 31.1. The van der Waals surface area contributed by atoms with Crippen LogP contribution in [-0.4, -0.2) is 38.9 Å². The van der Waals surface area contributed by atoms with Gasteiger partial charge in [0, 0.05) is 28.7 Å². The van der Waals surface area contributed by atoms with Crippen LogP contribution in [0.3, 0.4) is 0 Å². The monoisotopic (exact) mass is 461 g/mol. The predicted octanol–water partition coefficient (Wildman–Crippen LogP) is 4.62. The van der Waals surface area contributed by atoms with Crippen LogP contribution in [0, 0.1) is 11.6 Å². The molecule has 1 saturated heterocycles. The predicted molar refractivity (Wildman–Crippen MR) is 111 cm³/mol. The van der Waals surface area contributed by atoms with Crippen molar-refractivity contribution in [1.82, 2.24) is 0 Å². The lowest BCUT2D eigenvalue weighted by Gasteiger charge is -2.29.